The Morgan fingerprint density at radius 1 is 1.50 bits per heavy atom. The molecule has 2 fully saturated rings. The van der Waals surface area contributed by atoms with Gasteiger partial charge in [-0.25, -0.2) is 0 Å². The Hall–Kier alpha value is -1.86. The van der Waals surface area contributed by atoms with E-state index >= 15 is 0 Å². The van der Waals surface area contributed by atoms with Crippen LogP contribution < -0.4 is 0 Å². The summed E-state index contributed by atoms with van der Waals surface area (Å²) in [4.78, 5) is 14.5. The van der Waals surface area contributed by atoms with Gasteiger partial charge in [-0.05, 0) is 38.0 Å². The number of hydrogen-bond donors (Lipinski definition) is 0. The van der Waals surface area contributed by atoms with E-state index in [2.05, 4.69) is 6.07 Å². The van der Waals surface area contributed by atoms with Crippen LogP contribution in [-0.4, -0.2) is 36.1 Å². The Balaban J connectivity index is 1.73. The molecule has 1 saturated carbocycles. The van der Waals surface area contributed by atoms with Crippen LogP contribution in [0.4, 0.5) is 0 Å². The predicted octanol–water partition coefficient (Wildman–Crippen LogP) is 2.20. The number of carbonyl (C=O) groups is 1. The highest BCUT2D eigenvalue weighted by molar-refractivity contribution is 5.95. The van der Waals surface area contributed by atoms with Gasteiger partial charge in [0.15, 0.2) is 0 Å². The van der Waals surface area contributed by atoms with E-state index in [1.54, 1.807) is 24.3 Å². The minimum Gasteiger partial charge on any atom is -0.378 e. The Kier molecular flexibility index (Phi) is 3.45. The number of amides is 1. The molecule has 2 bridgehead atoms. The lowest BCUT2D eigenvalue weighted by Crippen LogP contribution is -2.42. The molecule has 20 heavy (non-hydrogen) atoms. The maximum absolute atomic E-state index is 12.5. The SMILES string of the molecule is CCO[C@@H]1CC2CC1CN2C(=O)c1cccc(C#N)c1. The fraction of sp³-hybridized carbons (Fsp3) is 0.500. The Bertz CT molecular complexity index is 564. The second-order valence-corrected chi connectivity index (χ2v) is 5.53. The zero-order chi connectivity index (χ0) is 14.1. The van der Waals surface area contributed by atoms with Gasteiger partial charge >= 0.3 is 0 Å². The molecule has 104 valence electrons. The number of likely N-dealkylation sites (tertiary alicyclic amines) is 1. The number of benzene rings is 1. The fourth-order valence-electron chi connectivity index (χ4n) is 3.46. The molecule has 0 radical (unpaired) electrons. The second-order valence-electron chi connectivity index (χ2n) is 5.53. The van der Waals surface area contributed by atoms with Crippen molar-refractivity contribution in [3.8, 4) is 6.07 Å². The molecule has 3 atom stereocenters. The van der Waals surface area contributed by atoms with Crippen LogP contribution in [0.15, 0.2) is 24.3 Å². The van der Waals surface area contributed by atoms with Crippen LogP contribution in [0.2, 0.25) is 0 Å². The quantitative estimate of drug-likeness (QED) is 0.846. The molecule has 1 saturated heterocycles. The number of ether oxygens (including phenoxy) is 1. The molecular weight excluding hydrogens is 252 g/mol. The summed E-state index contributed by atoms with van der Waals surface area (Å²) >= 11 is 0. The summed E-state index contributed by atoms with van der Waals surface area (Å²) in [5, 5.41) is 8.92. The number of rotatable bonds is 3. The lowest BCUT2D eigenvalue weighted by Gasteiger charge is -2.31. The molecule has 2 aliphatic rings. The lowest BCUT2D eigenvalue weighted by molar-refractivity contribution is 0.00755. The van der Waals surface area contributed by atoms with Gasteiger partial charge in [0.05, 0.1) is 17.7 Å². The minimum absolute atomic E-state index is 0.0459. The van der Waals surface area contributed by atoms with Gasteiger partial charge in [-0.15, -0.1) is 0 Å². The number of carbonyl (C=O) groups excluding carboxylic acids is 1. The summed E-state index contributed by atoms with van der Waals surface area (Å²) in [6.45, 7) is 3.54. The number of nitriles is 1. The maximum atomic E-state index is 12.5. The number of hydrogen-bond acceptors (Lipinski definition) is 3. The predicted molar refractivity (Wildman–Crippen MR) is 74.1 cm³/mol. The van der Waals surface area contributed by atoms with Crippen molar-refractivity contribution in [1.82, 2.24) is 4.90 Å². The molecule has 0 spiro atoms. The van der Waals surface area contributed by atoms with E-state index in [0.717, 1.165) is 26.0 Å². The van der Waals surface area contributed by atoms with Gasteiger partial charge in [-0.3, -0.25) is 4.79 Å². The summed E-state index contributed by atoms with van der Waals surface area (Å²) in [5.74, 6) is 0.521. The molecule has 4 nitrogen and oxygen atoms in total. The van der Waals surface area contributed by atoms with E-state index in [0.29, 0.717) is 29.2 Å². The summed E-state index contributed by atoms with van der Waals surface area (Å²) in [6, 6.07) is 9.33. The average Bonchev–Trinajstić information content (AvgIpc) is 3.07. The largest absolute Gasteiger partial charge is 0.378 e. The fourth-order valence-corrected chi connectivity index (χ4v) is 3.46. The molecule has 2 unspecified atom stereocenters. The van der Waals surface area contributed by atoms with Gasteiger partial charge < -0.3 is 9.64 Å². The third-order valence-electron chi connectivity index (χ3n) is 4.36. The smallest absolute Gasteiger partial charge is 0.254 e. The van der Waals surface area contributed by atoms with Crippen LogP contribution in [0.1, 0.15) is 35.7 Å². The minimum atomic E-state index is 0.0459. The van der Waals surface area contributed by atoms with Gasteiger partial charge in [-0.2, -0.15) is 5.26 Å². The summed E-state index contributed by atoms with van der Waals surface area (Å²) in [5.41, 5.74) is 1.15. The summed E-state index contributed by atoms with van der Waals surface area (Å²) in [6.07, 6.45) is 2.32. The number of fused-ring (bicyclic) bond motifs is 2. The van der Waals surface area contributed by atoms with Crippen LogP contribution >= 0.6 is 0 Å². The Morgan fingerprint density at radius 2 is 2.35 bits per heavy atom. The first-order valence-corrected chi connectivity index (χ1v) is 7.15. The van der Waals surface area contributed by atoms with E-state index in [1.807, 2.05) is 11.8 Å². The molecule has 0 aromatic heterocycles. The first-order valence-electron chi connectivity index (χ1n) is 7.15. The summed E-state index contributed by atoms with van der Waals surface area (Å²) < 4.78 is 5.73. The van der Waals surface area contributed by atoms with Crippen molar-refractivity contribution in [2.75, 3.05) is 13.2 Å². The van der Waals surface area contributed by atoms with Crippen LogP contribution in [0.25, 0.3) is 0 Å². The number of piperidine rings is 1. The van der Waals surface area contributed by atoms with Gasteiger partial charge in [0.1, 0.15) is 0 Å². The van der Waals surface area contributed by atoms with E-state index in [1.165, 1.54) is 0 Å². The molecule has 1 aromatic rings. The molecule has 1 heterocycles. The van der Waals surface area contributed by atoms with Crippen LogP contribution in [0.5, 0.6) is 0 Å². The third kappa shape index (κ3) is 2.19. The highest BCUT2D eigenvalue weighted by Gasteiger charge is 2.46. The van der Waals surface area contributed by atoms with Gasteiger partial charge in [0.2, 0.25) is 0 Å². The molecule has 1 aromatic carbocycles. The maximum Gasteiger partial charge on any atom is 0.254 e. The van der Waals surface area contributed by atoms with E-state index in [4.69, 9.17) is 10.00 Å². The molecular formula is C16H18N2O2. The van der Waals surface area contributed by atoms with Crippen molar-refractivity contribution in [1.29, 1.82) is 5.26 Å². The van der Waals surface area contributed by atoms with Crippen molar-refractivity contribution < 1.29 is 9.53 Å². The number of nitrogens with zero attached hydrogens (tertiary/aromatic N) is 2. The topological polar surface area (TPSA) is 53.3 Å². The molecule has 1 amide bonds. The van der Waals surface area contributed by atoms with Crippen molar-refractivity contribution in [2.24, 2.45) is 5.92 Å². The molecule has 4 heteroatoms. The zero-order valence-electron chi connectivity index (χ0n) is 11.6. The van der Waals surface area contributed by atoms with Gasteiger partial charge in [-0.1, -0.05) is 6.07 Å². The third-order valence-corrected chi connectivity index (χ3v) is 4.36. The summed E-state index contributed by atoms with van der Waals surface area (Å²) in [7, 11) is 0. The standard InChI is InChI=1S/C16H18N2O2/c1-2-20-15-8-14-7-13(15)10-18(14)16(19)12-5-3-4-11(6-12)9-17/h3-6,13-15H,2,7-8,10H2,1H3/t13?,14?,15-/m1/s1. The first-order chi connectivity index (χ1) is 9.72. The normalized spacial score (nSPS) is 27.6. The van der Waals surface area contributed by atoms with E-state index in [-0.39, 0.29) is 5.91 Å². The van der Waals surface area contributed by atoms with E-state index in [9.17, 15) is 4.79 Å². The zero-order valence-corrected chi connectivity index (χ0v) is 11.6. The van der Waals surface area contributed by atoms with Crippen LogP contribution in [0, 0.1) is 17.2 Å². The monoisotopic (exact) mass is 270 g/mol. The molecule has 1 aliphatic carbocycles. The highest BCUT2D eigenvalue weighted by Crippen LogP contribution is 2.40. The van der Waals surface area contributed by atoms with Crippen LogP contribution in [0.3, 0.4) is 0 Å². The van der Waals surface area contributed by atoms with Gasteiger partial charge in [0.25, 0.3) is 5.91 Å². The Labute approximate surface area is 118 Å². The average molecular weight is 270 g/mol. The van der Waals surface area contributed by atoms with Crippen molar-refractivity contribution >= 4 is 5.91 Å². The Morgan fingerprint density at radius 3 is 3.00 bits per heavy atom. The molecule has 3 rings (SSSR count). The van der Waals surface area contributed by atoms with Crippen molar-refractivity contribution in [3.63, 3.8) is 0 Å². The van der Waals surface area contributed by atoms with Crippen molar-refractivity contribution in [3.05, 3.63) is 35.4 Å². The van der Waals surface area contributed by atoms with Crippen molar-refractivity contribution in [2.45, 2.75) is 31.9 Å². The van der Waals surface area contributed by atoms with E-state index < -0.39 is 0 Å². The highest BCUT2D eigenvalue weighted by atomic mass is 16.5. The second kappa shape index (κ2) is 5.26. The van der Waals surface area contributed by atoms with Gasteiger partial charge in [0, 0.05) is 30.7 Å². The first kappa shape index (κ1) is 13.1. The van der Waals surface area contributed by atoms with Crippen LogP contribution in [-0.2, 0) is 4.74 Å². The molecule has 0 N–H and O–H groups in total. The lowest BCUT2D eigenvalue weighted by atomic mass is 10.0. The molecule has 1 aliphatic heterocycles.